The zero-order chi connectivity index (χ0) is 12.6. The molecular formula is C10H19NO4S. The predicted molar refractivity (Wildman–Crippen MR) is 63.4 cm³/mol. The van der Waals surface area contributed by atoms with Crippen molar-refractivity contribution in [2.75, 3.05) is 12.9 Å². The van der Waals surface area contributed by atoms with E-state index in [4.69, 9.17) is 10.8 Å². The van der Waals surface area contributed by atoms with Crippen LogP contribution in [-0.4, -0.2) is 41.2 Å². The first-order valence-corrected chi connectivity index (χ1v) is 6.25. The van der Waals surface area contributed by atoms with Gasteiger partial charge in [0.15, 0.2) is 0 Å². The maximum atomic E-state index is 11.0. The minimum atomic E-state index is -0.807. The molecule has 0 bridgehead atoms. The van der Waals surface area contributed by atoms with Gasteiger partial charge in [0.05, 0.1) is 7.11 Å². The quantitative estimate of drug-likeness (QED) is 0.620. The van der Waals surface area contributed by atoms with Crippen molar-refractivity contribution >= 4 is 23.7 Å². The number of hydrogen-bond donors (Lipinski definition) is 2. The fourth-order valence-corrected chi connectivity index (χ4v) is 2.37. The van der Waals surface area contributed by atoms with E-state index < -0.39 is 23.2 Å². The van der Waals surface area contributed by atoms with Gasteiger partial charge in [-0.05, 0) is 18.6 Å². The Bertz CT molecular complexity index is 235. The number of carbonyl (C=O) groups is 2. The van der Waals surface area contributed by atoms with Gasteiger partial charge in [-0.1, -0.05) is 13.3 Å². The Balaban J connectivity index is 3.85. The molecule has 0 aliphatic rings. The average Bonchev–Trinajstić information content (AvgIpc) is 2.26. The van der Waals surface area contributed by atoms with E-state index in [-0.39, 0.29) is 0 Å². The lowest BCUT2D eigenvalue weighted by Gasteiger charge is -2.12. The summed E-state index contributed by atoms with van der Waals surface area (Å²) in [5.74, 6) is -0.714. The van der Waals surface area contributed by atoms with Crippen LogP contribution >= 0.6 is 11.8 Å². The molecule has 0 spiro atoms. The van der Waals surface area contributed by atoms with Crippen molar-refractivity contribution in [3.63, 3.8) is 0 Å². The predicted octanol–water partition coefficient (Wildman–Crippen LogP) is 0.863. The molecule has 94 valence electrons. The summed E-state index contributed by atoms with van der Waals surface area (Å²) in [5.41, 5.74) is 5.53. The molecule has 3 N–H and O–H groups in total. The molecular weight excluding hydrogens is 230 g/mol. The minimum Gasteiger partial charge on any atom is -0.480 e. The molecule has 0 aliphatic heterocycles. The van der Waals surface area contributed by atoms with Crippen LogP contribution in [0.3, 0.4) is 0 Å². The van der Waals surface area contributed by atoms with Gasteiger partial charge >= 0.3 is 11.9 Å². The number of thioether (sulfide) groups is 1. The molecule has 0 fully saturated rings. The molecule has 0 amide bonds. The summed E-state index contributed by atoms with van der Waals surface area (Å²) in [7, 11) is 1.28. The first-order valence-electron chi connectivity index (χ1n) is 5.20. The second-order valence-electron chi connectivity index (χ2n) is 3.40. The zero-order valence-electron chi connectivity index (χ0n) is 9.64. The van der Waals surface area contributed by atoms with Crippen LogP contribution in [0.5, 0.6) is 0 Å². The van der Waals surface area contributed by atoms with Crippen LogP contribution in [0.1, 0.15) is 26.2 Å². The Morgan fingerprint density at radius 1 is 1.44 bits per heavy atom. The lowest BCUT2D eigenvalue weighted by atomic mass is 10.2. The van der Waals surface area contributed by atoms with Crippen LogP contribution in [0.4, 0.5) is 0 Å². The maximum absolute atomic E-state index is 11.0. The second kappa shape index (κ2) is 8.41. The van der Waals surface area contributed by atoms with E-state index >= 15 is 0 Å². The summed E-state index contributed by atoms with van der Waals surface area (Å²) in [6.07, 6.45) is 1.89. The standard InChI is InChI=1S/C10H19NO4S/c1-3-4-8(9(12)13)16-6-5-7(11)10(14)15-2/h7-8H,3-6,11H2,1-2H3,(H,12,13). The molecule has 2 unspecified atom stereocenters. The Hall–Kier alpha value is -0.750. The van der Waals surface area contributed by atoms with Gasteiger partial charge < -0.3 is 15.6 Å². The van der Waals surface area contributed by atoms with E-state index in [0.29, 0.717) is 18.6 Å². The third-order valence-electron chi connectivity index (χ3n) is 2.08. The number of carbonyl (C=O) groups excluding carboxylic acids is 1. The molecule has 0 heterocycles. The molecule has 0 aliphatic carbocycles. The summed E-state index contributed by atoms with van der Waals surface area (Å²) in [4.78, 5) is 21.8. The van der Waals surface area contributed by atoms with Crippen LogP contribution in [0.2, 0.25) is 0 Å². The number of hydrogen-bond acceptors (Lipinski definition) is 5. The summed E-state index contributed by atoms with van der Waals surface area (Å²) < 4.78 is 4.47. The Kier molecular flexibility index (Phi) is 8.01. The lowest BCUT2D eigenvalue weighted by molar-refractivity contribution is -0.142. The molecule has 0 saturated carbocycles. The van der Waals surface area contributed by atoms with E-state index in [0.717, 1.165) is 6.42 Å². The molecule has 0 aromatic carbocycles. The smallest absolute Gasteiger partial charge is 0.322 e. The molecule has 16 heavy (non-hydrogen) atoms. The number of aliphatic carboxylic acids is 1. The van der Waals surface area contributed by atoms with E-state index in [1.165, 1.54) is 18.9 Å². The summed E-state index contributed by atoms with van der Waals surface area (Å²) in [6.45, 7) is 1.94. The van der Waals surface area contributed by atoms with E-state index in [9.17, 15) is 9.59 Å². The Morgan fingerprint density at radius 3 is 2.50 bits per heavy atom. The zero-order valence-corrected chi connectivity index (χ0v) is 10.5. The lowest BCUT2D eigenvalue weighted by Crippen LogP contribution is -2.32. The average molecular weight is 249 g/mol. The molecule has 0 saturated heterocycles. The second-order valence-corrected chi connectivity index (χ2v) is 4.72. The molecule has 0 rings (SSSR count). The number of methoxy groups -OCH3 is 1. The van der Waals surface area contributed by atoms with Crippen molar-refractivity contribution in [2.24, 2.45) is 5.73 Å². The number of nitrogens with two attached hydrogens (primary N) is 1. The first-order chi connectivity index (χ1) is 7.52. The van der Waals surface area contributed by atoms with E-state index in [1.54, 1.807) is 0 Å². The van der Waals surface area contributed by atoms with Gasteiger partial charge in [-0.25, -0.2) is 0 Å². The van der Waals surface area contributed by atoms with Gasteiger partial charge in [0.2, 0.25) is 0 Å². The number of carboxylic acid groups (broad SMARTS) is 1. The van der Waals surface area contributed by atoms with Gasteiger partial charge in [-0.15, -0.1) is 11.8 Å². The van der Waals surface area contributed by atoms with Crippen LogP contribution in [0.15, 0.2) is 0 Å². The first kappa shape index (κ1) is 15.2. The van der Waals surface area contributed by atoms with E-state index in [1.807, 2.05) is 6.92 Å². The highest BCUT2D eigenvalue weighted by atomic mass is 32.2. The fraction of sp³-hybridized carbons (Fsp3) is 0.800. The topological polar surface area (TPSA) is 89.6 Å². The van der Waals surface area contributed by atoms with E-state index in [2.05, 4.69) is 4.74 Å². The number of rotatable bonds is 8. The molecule has 0 aromatic rings. The summed E-state index contributed by atoms with van der Waals surface area (Å²) >= 11 is 1.32. The molecule has 0 aromatic heterocycles. The van der Waals surface area contributed by atoms with Crippen molar-refractivity contribution in [3.05, 3.63) is 0 Å². The highest BCUT2D eigenvalue weighted by Crippen LogP contribution is 2.18. The highest BCUT2D eigenvalue weighted by molar-refractivity contribution is 8.00. The Labute approximate surface area is 99.7 Å². The number of carboxylic acids is 1. The van der Waals surface area contributed by atoms with Crippen LogP contribution in [0.25, 0.3) is 0 Å². The van der Waals surface area contributed by atoms with Crippen LogP contribution in [-0.2, 0) is 14.3 Å². The van der Waals surface area contributed by atoms with Gasteiger partial charge in [0, 0.05) is 0 Å². The summed E-state index contributed by atoms with van der Waals surface area (Å²) in [5, 5.41) is 8.47. The van der Waals surface area contributed by atoms with Crippen molar-refractivity contribution in [2.45, 2.75) is 37.5 Å². The van der Waals surface area contributed by atoms with Crippen molar-refractivity contribution in [1.82, 2.24) is 0 Å². The van der Waals surface area contributed by atoms with Crippen LogP contribution < -0.4 is 5.73 Å². The van der Waals surface area contributed by atoms with Crippen molar-refractivity contribution in [3.8, 4) is 0 Å². The monoisotopic (exact) mass is 249 g/mol. The molecule has 5 nitrogen and oxygen atoms in total. The largest absolute Gasteiger partial charge is 0.480 e. The molecule has 2 atom stereocenters. The SMILES string of the molecule is CCCC(SCCC(N)C(=O)OC)C(=O)O. The van der Waals surface area contributed by atoms with Gasteiger partial charge in [-0.2, -0.15) is 0 Å². The molecule has 0 radical (unpaired) electrons. The highest BCUT2D eigenvalue weighted by Gasteiger charge is 2.19. The van der Waals surface area contributed by atoms with Crippen molar-refractivity contribution in [1.29, 1.82) is 0 Å². The fourth-order valence-electron chi connectivity index (χ4n) is 1.15. The number of esters is 1. The molecule has 6 heteroatoms. The van der Waals surface area contributed by atoms with Gasteiger partial charge in [0.1, 0.15) is 11.3 Å². The third kappa shape index (κ3) is 5.97. The summed E-state index contributed by atoms with van der Waals surface area (Å²) in [6, 6.07) is -0.659. The van der Waals surface area contributed by atoms with Crippen LogP contribution in [0, 0.1) is 0 Å². The van der Waals surface area contributed by atoms with Gasteiger partial charge in [0.25, 0.3) is 0 Å². The normalized spacial score (nSPS) is 14.2. The van der Waals surface area contributed by atoms with Gasteiger partial charge in [-0.3, -0.25) is 9.59 Å². The maximum Gasteiger partial charge on any atom is 0.322 e. The number of ether oxygens (including phenoxy) is 1. The third-order valence-corrected chi connectivity index (χ3v) is 3.39. The Morgan fingerprint density at radius 2 is 2.06 bits per heavy atom. The minimum absolute atomic E-state index is 0.408. The van der Waals surface area contributed by atoms with Crippen molar-refractivity contribution < 1.29 is 19.4 Å².